The van der Waals surface area contributed by atoms with Crippen molar-refractivity contribution in [1.29, 1.82) is 0 Å². The molecule has 20 heavy (non-hydrogen) atoms. The van der Waals surface area contributed by atoms with Gasteiger partial charge in [0.15, 0.2) is 5.11 Å². The normalized spacial score (nSPS) is 24.8. The van der Waals surface area contributed by atoms with Crippen LogP contribution in [0.15, 0.2) is 21.6 Å². The molecule has 1 amide bonds. The summed E-state index contributed by atoms with van der Waals surface area (Å²) in [6, 6.07) is 3.92. The van der Waals surface area contributed by atoms with Gasteiger partial charge in [-0.1, -0.05) is 0 Å². The highest BCUT2D eigenvalue weighted by Crippen LogP contribution is 2.25. The molecule has 0 saturated carbocycles. The van der Waals surface area contributed by atoms with Crippen molar-refractivity contribution in [2.45, 2.75) is 18.9 Å². The van der Waals surface area contributed by atoms with Gasteiger partial charge in [-0.3, -0.25) is 9.69 Å². The van der Waals surface area contributed by atoms with Gasteiger partial charge in [0.1, 0.15) is 5.70 Å². The van der Waals surface area contributed by atoms with Gasteiger partial charge in [0, 0.05) is 11.5 Å². The highest BCUT2D eigenvalue weighted by atomic mass is 79.9. The molecule has 7 heteroatoms. The van der Waals surface area contributed by atoms with E-state index in [-0.39, 0.29) is 12.0 Å². The van der Waals surface area contributed by atoms with Crippen molar-refractivity contribution in [3.8, 4) is 0 Å². The lowest BCUT2D eigenvalue weighted by Crippen LogP contribution is -2.37. The molecule has 2 aliphatic rings. The van der Waals surface area contributed by atoms with Crippen LogP contribution in [0.5, 0.6) is 0 Å². The molecule has 2 fully saturated rings. The number of thiophene rings is 1. The first kappa shape index (κ1) is 14.2. The molecule has 0 aliphatic carbocycles. The Bertz CT molecular complexity index is 579. The molecule has 2 saturated heterocycles. The van der Waals surface area contributed by atoms with Gasteiger partial charge in [-0.05, 0) is 59.2 Å². The van der Waals surface area contributed by atoms with E-state index in [0.29, 0.717) is 17.4 Å². The Morgan fingerprint density at radius 1 is 1.60 bits per heavy atom. The number of nitrogens with one attached hydrogen (secondary N) is 1. The smallest absolute Gasteiger partial charge is 0.276 e. The van der Waals surface area contributed by atoms with E-state index in [2.05, 4.69) is 21.2 Å². The van der Waals surface area contributed by atoms with Crippen LogP contribution in [0.3, 0.4) is 0 Å². The molecule has 0 spiro atoms. The number of thiocarbonyl (C=S) groups is 1. The number of halogens is 1. The van der Waals surface area contributed by atoms with Gasteiger partial charge < -0.3 is 10.1 Å². The summed E-state index contributed by atoms with van der Waals surface area (Å²) in [6.45, 7) is 1.31. The summed E-state index contributed by atoms with van der Waals surface area (Å²) in [5, 5.41) is 3.46. The number of ether oxygens (including phenoxy) is 1. The molecule has 2 aliphatic heterocycles. The summed E-state index contributed by atoms with van der Waals surface area (Å²) in [5.41, 5.74) is 0.530. The van der Waals surface area contributed by atoms with Crippen LogP contribution in [0.2, 0.25) is 0 Å². The van der Waals surface area contributed by atoms with Crippen LogP contribution >= 0.6 is 39.5 Å². The number of nitrogens with zero attached hydrogens (tertiary/aromatic N) is 1. The van der Waals surface area contributed by atoms with Gasteiger partial charge in [-0.25, -0.2) is 0 Å². The van der Waals surface area contributed by atoms with E-state index < -0.39 is 0 Å². The second-order valence-corrected chi connectivity index (χ2v) is 7.56. The molecule has 106 valence electrons. The number of carbonyl (C=O) groups excluding carboxylic acids is 1. The number of carbonyl (C=O) groups is 1. The largest absolute Gasteiger partial charge is 0.376 e. The van der Waals surface area contributed by atoms with Crippen LogP contribution in [-0.2, 0) is 9.53 Å². The van der Waals surface area contributed by atoms with Crippen LogP contribution in [0.1, 0.15) is 17.7 Å². The summed E-state index contributed by atoms with van der Waals surface area (Å²) < 4.78 is 6.60. The number of rotatable bonds is 3. The molecule has 1 N–H and O–H groups in total. The summed E-state index contributed by atoms with van der Waals surface area (Å²) in [5.74, 6) is -0.0741. The van der Waals surface area contributed by atoms with Crippen LogP contribution in [0, 0.1) is 0 Å². The van der Waals surface area contributed by atoms with Crippen molar-refractivity contribution in [1.82, 2.24) is 10.2 Å². The van der Waals surface area contributed by atoms with Crippen molar-refractivity contribution >= 4 is 56.6 Å². The van der Waals surface area contributed by atoms with Crippen molar-refractivity contribution in [2.75, 3.05) is 13.2 Å². The molecule has 3 rings (SSSR count). The topological polar surface area (TPSA) is 41.6 Å². The summed E-state index contributed by atoms with van der Waals surface area (Å²) in [6.07, 6.45) is 3.98. The van der Waals surface area contributed by atoms with Crippen LogP contribution < -0.4 is 5.32 Å². The Kier molecular flexibility index (Phi) is 4.21. The van der Waals surface area contributed by atoms with Crippen molar-refractivity contribution in [2.24, 2.45) is 0 Å². The third-order valence-corrected chi connectivity index (χ3v) is 5.15. The summed E-state index contributed by atoms with van der Waals surface area (Å²) in [4.78, 5) is 15.0. The second kappa shape index (κ2) is 5.93. The first-order valence-electron chi connectivity index (χ1n) is 6.35. The third-order valence-electron chi connectivity index (χ3n) is 3.25. The van der Waals surface area contributed by atoms with E-state index in [0.717, 1.165) is 28.1 Å². The molecule has 0 radical (unpaired) electrons. The molecule has 4 nitrogen and oxygen atoms in total. The Hall–Kier alpha value is -0.760. The lowest BCUT2D eigenvalue weighted by molar-refractivity contribution is -0.123. The van der Waals surface area contributed by atoms with Crippen LogP contribution in [0.25, 0.3) is 6.08 Å². The average Bonchev–Trinajstić information content (AvgIpc) is 3.10. The number of amides is 1. The zero-order chi connectivity index (χ0) is 14.1. The molecule has 0 bridgehead atoms. The van der Waals surface area contributed by atoms with Gasteiger partial charge in [-0.15, -0.1) is 11.3 Å². The quantitative estimate of drug-likeness (QED) is 0.654. The molecule has 0 aromatic carbocycles. The van der Waals surface area contributed by atoms with Crippen molar-refractivity contribution < 1.29 is 9.53 Å². The lowest BCUT2D eigenvalue weighted by atomic mass is 10.2. The highest BCUT2D eigenvalue weighted by Gasteiger charge is 2.33. The lowest BCUT2D eigenvalue weighted by Gasteiger charge is -2.18. The Balaban J connectivity index is 1.74. The third kappa shape index (κ3) is 2.95. The maximum absolute atomic E-state index is 12.4. The first-order chi connectivity index (χ1) is 9.63. The molecule has 0 unspecified atom stereocenters. The van der Waals surface area contributed by atoms with Crippen molar-refractivity contribution in [3.05, 3.63) is 26.5 Å². The van der Waals surface area contributed by atoms with Gasteiger partial charge >= 0.3 is 0 Å². The monoisotopic (exact) mass is 372 g/mol. The molecule has 1 aromatic rings. The maximum atomic E-state index is 12.4. The molecule has 1 atom stereocenters. The van der Waals surface area contributed by atoms with E-state index >= 15 is 0 Å². The Morgan fingerprint density at radius 3 is 3.10 bits per heavy atom. The summed E-state index contributed by atoms with van der Waals surface area (Å²) >= 11 is 10.2. The van der Waals surface area contributed by atoms with Gasteiger partial charge in [0.05, 0.1) is 16.4 Å². The minimum Gasteiger partial charge on any atom is -0.376 e. The van der Waals surface area contributed by atoms with Gasteiger partial charge in [0.25, 0.3) is 5.91 Å². The predicted octanol–water partition coefficient (Wildman–Crippen LogP) is 2.75. The second-order valence-electron chi connectivity index (χ2n) is 4.68. The van der Waals surface area contributed by atoms with E-state index in [9.17, 15) is 4.79 Å². The van der Waals surface area contributed by atoms with E-state index in [1.54, 1.807) is 16.2 Å². The van der Waals surface area contributed by atoms with E-state index in [1.807, 2.05) is 18.2 Å². The first-order valence-corrected chi connectivity index (χ1v) is 8.37. The minimum absolute atomic E-state index is 0.0741. The van der Waals surface area contributed by atoms with E-state index in [1.165, 1.54) is 0 Å². The predicted molar refractivity (Wildman–Crippen MR) is 86.4 cm³/mol. The average molecular weight is 373 g/mol. The minimum atomic E-state index is -0.0741. The highest BCUT2D eigenvalue weighted by molar-refractivity contribution is 9.11. The van der Waals surface area contributed by atoms with E-state index in [4.69, 9.17) is 17.0 Å². The fraction of sp³-hybridized carbons (Fsp3) is 0.385. The standard InChI is InChI=1S/C13H13BrN2O2S2/c14-11-4-3-9(20-11)6-10-12(17)16(13(19)15-10)7-8-2-1-5-18-8/h3-4,6,8H,1-2,5,7H2,(H,15,19)/b10-6-/t8-/m1/s1. The molecular formula is C13H13BrN2O2S2. The Labute approximate surface area is 134 Å². The fourth-order valence-corrected chi connectivity index (χ4v) is 3.91. The molecule has 3 heterocycles. The Morgan fingerprint density at radius 2 is 2.45 bits per heavy atom. The molecule has 1 aromatic heterocycles. The zero-order valence-corrected chi connectivity index (χ0v) is 13.8. The van der Waals surface area contributed by atoms with Crippen LogP contribution in [-0.4, -0.2) is 35.2 Å². The van der Waals surface area contributed by atoms with Crippen molar-refractivity contribution in [3.63, 3.8) is 0 Å². The number of hydrogen-bond acceptors (Lipinski definition) is 4. The molecular weight excluding hydrogens is 360 g/mol. The number of hydrogen-bond donors (Lipinski definition) is 1. The maximum Gasteiger partial charge on any atom is 0.276 e. The summed E-state index contributed by atoms with van der Waals surface area (Å²) in [7, 11) is 0. The van der Waals surface area contributed by atoms with Crippen LogP contribution in [0.4, 0.5) is 0 Å². The van der Waals surface area contributed by atoms with Gasteiger partial charge in [-0.2, -0.15) is 0 Å². The zero-order valence-electron chi connectivity index (χ0n) is 10.6. The fourth-order valence-electron chi connectivity index (χ4n) is 2.28. The SMILES string of the molecule is O=C1/C(=C/c2ccc(Br)s2)NC(=S)N1C[C@H]1CCCO1. The van der Waals surface area contributed by atoms with Gasteiger partial charge in [0.2, 0.25) is 0 Å².